The highest BCUT2D eigenvalue weighted by Crippen LogP contribution is 2.20. The molecule has 2 aromatic rings. The molecule has 1 saturated heterocycles. The fourth-order valence-corrected chi connectivity index (χ4v) is 3.45. The molecule has 1 aromatic carbocycles. The topological polar surface area (TPSA) is 81.9 Å². The number of hydrogen-bond acceptors (Lipinski definition) is 4. The molecule has 2 atom stereocenters. The van der Waals surface area contributed by atoms with E-state index in [4.69, 9.17) is 4.42 Å². The number of likely N-dealkylation sites (tertiary alicyclic amines) is 1. The zero-order chi connectivity index (χ0) is 19.8. The maximum Gasteiger partial charge on any atom is 0.239 e. The van der Waals surface area contributed by atoms with Gasteiger partial charge in [-0.25, -0.2) is 0 Å². The van der Waals surface area contributed by atoms with E-state index in [2.05, 4.69) is 57.0 Å². The normalized spacial score (nSPS) is 19.4. The Kier molecular flexibility index (Phi) is 9.46. The van der Waals surface area contributed by atoms with Gasteiger partial charge in [0.15, 0.2) is 5.96 Å². The van der Waals surface area contributed by atoms with E-state index in [-0.39, 0.29) is 36.4 Å². The van der Waals surface area contributed by atoms with E-state index in [0.717, 1.165) is 25.3 Å². The van der Waals surface area contributed by atoms with Gasteiger partial charge in [-0.05, 0) is 31.0 Å². The lowest BCUT2D eigenvalue weighted by Crippen LogP contribution is -2.47. The van der Waals surface area contributed by atoms with Crippen LogP contribution in [0.15, 0.2) is 58.1 Å². The van der Waals surface area contributed by atoms with Crippen molar-refractivity contribution in [1.29, 1.82) is 0 Å². The molecule has 0 aliphatic carbocycles. The van der Waals surface area contributed by atoms with E-state index in [0.29, 0.717) is 24.6 Å². The van der Waals surface area contributed by atoms with Gasteiger partial charge in [-0.15, -0.1) is 24.0 Å². The Morgan fingerprint density at radius 3 is 2.69 bits per heavy atom. The van der Waals surface area contributed by atoms with Gasteiger partial charge in [-0.1, -0.05) is 30.3 Å². The average molecular weight is 511 g/mol. The molecule has 0 bridgehead atoms. The second-order valence-corrected chi connectivity index (χ2v) is 7.12. The minimum absolute atomic E-state index is 0. The molecule has 0 spiro atoms. The molecule has 1 amide bonds. The maximum atomic E-state index is 12.0. The minimum atomic E-state index is -0.107. The van der Waals surface area contributed by atoms with Gasteiger partial charge in [-0.2, -0.15) is 0 Å². The van der Waals surface area contributed by atoms with Crippen LogP contribution in [-0.2, 0) is 17.9 Å². The van der Waals surface area contributed by atoms with Crippen LogP contribution < -0.4 is 16.0 Å². The molecule has 1 fully saturated rings. The summed E-state index contributed by atoms with van der Waals surface area (Å²) in [5.41, 5.74) is 1.32. The van der Waals surface area contributed by atoms with E-state index >= 15 is 0 Å². The summed E-state index contributed by atoms with van der Waals surface area (Å²) in [5.74, 6) is 1.27. The molecule has 0 saturated carbocycles. The second-order valence-electron chi connectivity index (χ2n) is 7.12. The number of amides is 1. The van der Waals surface area contributed by atoms with Crippen molar-refractivity contribution in [3.8, 4) is 0 Å². The van der Waals surface area contributed by atoms with Crippen LogP contribution in [0.25, 0.3) is 0 Å². The van der Waals surface area contributed by atoms with Crippen LogP contribution in [0.1, 0.15) is 24.7 Å². The van der Waals surface area contributed by atoms with Crippen molar-refractivity contribution in [2.24, 2.45) is 4.99 Å². The summed E-state index contributed by atoms with van der Waals surface area (Å²) >= 11 is 0. The zero-order valence-electron chi connectivity index (χ0n) is 16.9. The third-order valence-corrected chi connectivity index (χ3v) is 4.95. The molecule has 2 unspecified atom stereocenters. The van der Waals surface area contributed by atoms with Gasteiger partial charge in [0, 0.05) is 32.2 Å². The average Bonchev–Trinajstić information content (AvgIpc) is 3.34. The Hall–Kier alpha value is -2.07. The van der Waals surface area contributed by atoms with Crippen molar-refractivity contribution in [2.45, 2.75) is 38.5 Å². The Morgan fingerprint density at radius 2 is 2.00 bits per heavy atom. The van der Waals surface area contributed by atoms with Crippen molar-refractivity contribution in [3.63, 3.8) is 0 Å². The van der Waals surface area contributed by atoms with Crippen LogP contribution in [-0.4, -0.2) is 49.0 Å². The second kappa shape index (κ2) is 11.8. The molecule has 7 nitrogen and oxygen atoms in total. The number of nitrogens with zero attached hydrogens (tertiary/aromatic N) is 2. The zero-order valence-corrected chi connectivity index (χ0v) is 19.3. The van der Waals surface area contributed by atoms with Gasteiger partial charge in [0.2, 0.25) is 5.91 Å². The fourth-order valence-electron chi connectivity index (χ4n) is 3.45. The fraction of sp³-hybridized carbons (Fsp3) is 0.429. The lowest BCUT2D eigenvalue weighted by molar-refractivity contribution is -0.120. The molecule has 3 rings (SSSR count). The van der Waals surface area contributed by atoms with Crippen molar-refractivity contribution >= 4 is 35.8 Å². The van der Waals surface area contributed by atoms with E-state index < -0.39 is 0 Å². The molecule has 1 aliphatic rings. The summed E-state index contributed by atoms with van der Waals surface area (Å²) < 4.78 is 5.21. The quantitative estimate of drug-likeness (QED) is 0.302. The first kappa shape index (κ1) is 23.2. The van der Waals surface area contributed by atoms with Gasteiger partial charge in [0.25, 0.3) is 0 Å². The van der Waals surface area contributed by atoms with Gasteiger partial charge < -0.3 is 20.4 Å². The SMILES string of the molecule is CN=C(NCC(=O)NCc1ccco1)NC1CC(C)N(Cc2ccccc2)C1.I. The summed E-state index contributed by atoms with van der Waals surface area (Å²) in [5, 5.41) is 9.33. The number of benzene rings is 1. The van der Waals surface area contributed by atoms with Crippen molar-refractivity contribution < 1.29 is 9.21 Å². The molecule has 1 aromatic heterocycles. The summed E-state index contributed by atoms with van der Waals surface area (Å²) in [4.78, 5) is 18.7. The smallest absolute Gasteiger partial charge is 0.239 e. The van der Waals surface area contributed by atoms with E-state index in [9.17, 15) is 4.79 Å². The summed E-state index contributed by atoms with van der Waals surface area (Å²) in [7, 11) is 1.72. The predicted octanol–water partition coefficient (Wildman–Crippen LogP) is 2.34. The van der Waals surface area contributed by atoms with Gasteiger partial charge in [0.1, 0.15) is 5.76 Å². The van der Waals surface area contributed by atoms with Gasteiger partial charge in [-0.3, -0.25) is 14.7 Å². The minimum Gasteiger partial charge on any atom is -0.467 e. The highest BCUT2D eigenvalue weighted by Gasteiger charge is 2.29. The van der Waals surface area contributed by atoms with E-state index in [1.54, 1.807) is 19.4 Å². The summed E-state index contributed by atoms with van der Waals surface area (Å²) in [6.07, 6.45) is 2.63. The lowest BCUT2D eigenvalue weighted by atomic mass is 10.2. The first-order valence-electron chi connectivity index (χ1n) is 9.68. The Labute approximate surface area is 189 Å². The number of halogens is 1. The predicted molar refractivity (Wildman–Crippen MR) is 125 cm³/mol. The molecular weight excluding hydrogens is 481 g/mol. The highest BCUT2D eigenvalue weighted by molar-refractivity contribution is 14.0. The van der Waals surface area contributed by atoms with E-state index in [1.807, 2.05) is 12.1 Å². The monoisotopic (exact) mass is 511 g/mol. The van der Waals surface area contributed by atoms with Gasteiger partial charge in [0.05, 0.1) is 19.4 Å². The molecule has 1 aliphatic heterocycles. The number of nitrogens with one attached hydrogen (secondary N) is 3. The maximum absolute atomic E-state index is 12.0. The third-order valence-electron chi connectivity index (χ3n) is 4.95. The molecule has 3 N–H and O–H groups in total. The number of furan rings is 1. The molecule has 8 heteroatoms. The Morgan fingerprint density at radius 1 is 1.21 bits per heavy atom. The van der Waals surface area contributed by atoms with Crippen LogP contribution in [0.2, 0.25) is 0 Å². The summed E-state index contributed by atoms with van der Waals surface area (Å²) in [6, 6.07) is 14.9. The molecular formula is C21H30IN5O2. The molecule has 0 radical (unpaired) electrons. The first-order valence-corrected chi connectivity index (χ1v) is 9.68. The molecule has 29 heavy (non-hydrogen) atoms. The number of hydrogen-bond donors (Lipinski definition) is 3. The van der Waals surface area contributed by atoms with Crippen LogP contribution >= 0.6 is 24.0 Å². The number of guanidine groups is 1. The Balaban J connectivity index is 0.00000300. The first-order chi connectivity index (χ1) is 13.6. The van der Waals surface area contributed by atoms with Gasteiger partial charge >= 0.3 is 0 Å². The largest absolute Gasteiger partial charge is 0.467 e. The standard InChI is InChI=1S/C21H29N5O2.HI/c1-16-11-18(15-26(16)14-17-7-4-3-5-8-17)25-21(22-2)24-13-20(27)23-12-19-9-6-10-28-19;/h3-10,16,18H,11-15H2,1-2H3,(H,23,27)(H2,22,24,25);1H. The summed E-state index contributed by atoms with van der Waals surface area (Å²) in [6.45, 7) is 4.69. The van der Waals surface area contributed by atoms with Crippen molar-refractivity contribution in [1.82, 2.24) is 20.9 Å². The number of rotatable bonds is 7. The van der Waals surface area contributed by atoms with Crippen LogP contribution in [0, 0.1) is 0 Å². The molecule has 2 heterocycles. The third kappa shape index (κ3) is 7.36. The molecule has 158 valence electrons. The van der Waals surface area contributed by atoms with Crippen molar-refractivity contribution in [2.75, 3.05) is 20.1 Å². The van der Waals surface area contributed by atoms with Crippen LogP contribution in [0.4, 0.5) is 0 Å². The van der Waals surface area contributed by atoms with Crippen LogP contribution in [0.3, 0.4) is 0 Å². The van der Waals surface area contributed by atoms with Crippen LogP contribution in [0.5, 0.6) is 0 Å². The Bertz CT molecular complexity index is 767. The van der Waals surface area contributed by atoms with Crippen molar-refractivity contribution in [3.05, 3.63) is 60.1 Å². The number of carbonyl (C=O) groups is 1. The van der Waals surface area contributed by atoms with E-state index in [1.165, 1.54) is 5.56 Å². The number of aliphatic imine (C=N–C) groups is 1. The highest BCUT2D eigenvalue weighted by atomic mass is 127. The lowest BCUT2D eigenvalue weighted by Gasteiger charge is -2.21. The number of carbonyl (C=O) groups excluding carboxylic acids is 1.